The molecule has 21 heavy (non-hydrogen) atoms. The molecule has 2 fully saturated rings. The first-order valence-electron chi connectivity index (χ1n) is 7.11. The van der Waals surface area contributed by atoms with Crippen molar-refractivity contribution in [1.82, 2.24) is 9.88 Å². The lowest BCUT2D eigenvalue weighted by atomic mass is 9.72. The molecule has 1 atom stereocenters. The molecule has 0 saturated carbocycles. The Hall–Kier alpha value is -1.17. The maximum absolute atomic E-state index is 11.6. The third-order valence-electron chi connectivity index (χ3n) is 4.63. The van der Waals surface area contributed by atoms with Crippen LogP contribution in [0.15, 0.2) is 24.5 Å². The molecule has 6 heteroatoms. The summed E-state index contributed by atoms with van der Waals surface area (Å²) < 4.78 is 5.42. The lowest BCUT2D eigenvalue weighted by Gasteiger charge is -2.36. The predicted molar refractivity (Wildman–Crippen MR) is 80.4 cm³/mol. The lowest BCUT2D eigenvalue weighted by Crippen LogP contribution is -2.40. The molecule has 3 rings (SSSR count). The van der Waals surface area contributed by atoms with Crippen LogP contribution >= 0.6 is 12.4 Å². The number of halogens is 1. The summed E-state index contributed by atoms with van der Waals surface area (Å²) in [6.45, 7) is 3.63. The van der Waals surface area contributed by atoms with E-state index < -0.39 is 5.97 Å². The van der Waals surface area contributed by atoms with Crippen molar-refractivity contribution in [3.8, 4) is 0 Å². The van der Waals surface area contributed by atoms with Crippen molar-refractivity contribution in [1.29, 1.82) is 0 Å². The number of nitrogens with zero attached hydrogens (tertiary/aromatic N) is 2. The van der Waals surface area contributed by atoms with E-state index in [1.807, 2.05) is 18.3 Å². The van der Waals surface area contributed by atoms with Gasteiger partial charge in [-0.25, -0.2) is 0 Å². The third-order valence-corrected chi connectivity index (χ3v) is 4.63. The Morgan fingerprint density at radius 1 is 1.48 bits per heavy atom. The van der Waals surface area contributed by atoms with E-state index >= 15 is 0 Å². The number of likely N-dealkylation sites (tertiary alicyclic amines) is 1. The van der Waals surface area contributed by atoms with Crippen molar-refractivity contribution in [3.05, 3.63) is 30.1 Å². The minimum Gasteiger partial charge on any atom is -0.481 e. The van der Waals surface area contributed by atoms with Gasteiger partial charge in [0.25, 0.3) is 0 Å². The third kappa shape index (κ3) is 3.36. The smallest absolute Gasteiger partial charge is 0.308 e. The summed E-state index contributed by atoms with van der Waals surface area (Å²) in [6.07, 6.45) is 5.32. The van der Waals surface area contributed by atoms with E-state index in [2.05, 4.69) is 9.88 Å². The van der Waals surface area contributed by atoms with Gasteiger partial charge in [-0.1, -0.05) is 6.07 Å². The van der Waals surface area contributed by atoms with Gasteiger partial charge < -0.3 is 9.84 Å². The van der Waals surface area contributed by atoms with Crippen LogP contribution in [0.2, 0.25) is 0 Å². The van der Waals surface area contributed by atoms with Crippen molar-refractivity contribution < 1.29 is 14.6 Å². The topological polar surface area (TPSA) is 62.7 Å². The van der Waals surface area contributed by atoms with Gasteiger partial charge in [-0.3, -0.25) is 14.7 Å². The van der Waals surface area contributed by atoms with Crippen LogP contribution in [-0.4, -0.2) is 47.3 Å². The summed E-state index contributed by atoms with van der Waals surface area (Å²) in [6, 6.07) is 3.96. The van der Waals surface area contributed by atoms with E-state index in [0.717, 1.165) is 31.5 Å². The van der Waals surface area contributed by atoms with Gasteiger partial charge in [0.1, 0.15) is 0 Å². The first kappa shape index (κ1) is 16.2. The molecule has 0 bridgehead atoms. The highest BCUT2D eigenvalue weighted by molar-refractivity contribution is 5.85. The number of hydrogen-bond donors (Lipinski definition) is 1. The van der Waals surface area contributed by atoms with Crippen LogP contribution in [0, 0.1) is 11.3 Å². The lowest BCUT2D eigenvalue weighted by molar-refractivity contribution is -0.146. The molecule has 0 aliphatic carbocycles. The fourth-order valence-electron chi connectivity index (χ4n) is 3.57. The molecule has 0 radical (unpaired) electrons. The van der Waals surface area contributed by atoms with Crippen LogP contribution in [0.4, 0.5) is 0 Å². The average molecular weight is 313 g/mol. The van der Waals surface area contributed by atoms with Crippen molar-refractivity contribution in [2.24, 2.45) is 11.3 Å². The maximum Gasteiger partial charge on any atom is 0.308 e. The van der Waals surface area contributed by atoms with Gasteiger partial charge in [-0.2, -0.15) is 0 Å². The summed E-state index contributed by atoms with van der Waals surface area (Å²) in [4.78, 5) is 18.0. The zero-order valence-corrected chi connectivity index (χ0v) is 12.7. The zero-order valence-electron chi connectivity index (χ0n) is 11.9. The molecule has 116 valence electrons. The molecule has 1 aromatic rings. The Bertz CT molecular complexity index is 477. The second kappa shape index (κ2) is 6.73. The standard InChI is InChI=1S/C15H20N2O3.ClH/c18-14(19)13-10-17(9-12-2-1-5-16-8-12)11-15(13)3-6-20-7-4-15;/h1-2,5,8,13H,3-4,6-7,9-11H2,(H,18,19);1H. The van der Waals surface area contributed by atoms with Gasteiger partial charge in [-0.05, 0) is 24.5 Å². The van der Waals surface area contributed by atoms with Crippen molar-refractivity contribution in [2.45, 2.75) is 19.4 Å². The van der Waals surface area contributed by atoms with Gasteiger partial charge in [0.15, 0.2) is 0 Å². The number of hydrogen-bond acceptors (Lipinski definition) is 4. The van der Waals surface area contributed by atoms with Gasteiger partial charge >= 0.3 is 5.97 Å². The molecule has 0 amide bonds. The van der Waals surface area contributed by atoms with E-state index in [-0.39, 0.29) is 23.7 Å². The molecule has 1 spiro atoms. The molecule has 2 aliphatic rings. The molecule has 3 heterocycles. The highest BCUT2D eigenvalue weighted by Crippen LogP contribution is 2.44. The molecule has 5 nitrogen and oxygen atoms in total. The van der Waals surface area contributed by atoms with E-state index in [1.165, 1.54) is 0 Å². The fraction of sp³-hybridized carbons (Fsp3) is 0.600. The van der Waals surface area contributed by atoms with Crippen molar-refractivity contribution >= 4 is 18.4 Å². The second-order valence-corrected chi connectivity index (χ2v) is 5.90. The number of carboxylic acids is 1. The van der Waals surface area contributed by atoms with Crippen LogP contribution in [0.3, 0.4) is 0 Å². The van der Waals surface area contributed by atoms with Crippen LogP contribution < -0.4 is 0 Å². The number of rotatable bonds is 3. The van der Waals surface area contributed by atoms with E-state index in [0.29, 0.717) is 19.8 Å². The predicted octanol–water partition coefficient (Wildman–Crippen LogP) is 1.82. The SMILES string of the molecule is Cl.O=C(O)C1CN(Cc2cccnc2)CC12CCOCC2. The van der Waals surface area contributed by atoms with E-state index in [9.17, 15) is 9.90 Å². The highest BCUT2D eigenvalue weighted by atomic mass is 35.5. The van der Waals surface area contributed by atoms with Crippen LogP contribution in [0.5, 0.6) is 0 Å². The second-order valence-electron chi connectivity index (χ2n) is 5.90. The molecule has 1 unspecified atom stereocenters. The van der Waals surface area contributed by atoms with Crippen molar-refractivity contribution in [2.75, 3.05) is 26.3 Å². The first-order valence-corrected chi connectivity index (χ1v) is 7.11. The van der Waals surface area contributed by atoms with Gasteiger partial charge in [0.05, 0.1) is 5.92 Å². The summed E-state index contributed by atoms with van der Waals surface area (Å²) >= 11 is 0. The first-order chi connectivity index (χ1) is 9.70. The van der Waals surface area contributed by atoms with Crippen molar-refractivity contribution in [3.63, 3.8) is 0 Å². The molecule has 0 aromatic carbocycles. The number of aliphatic carboxylic acids is 1. The minimum absolute atomic E-state index is 0. The Morgan fingerprint density at radius 3 is 2.86 bits per heavy atom. The molecule has 2 saturated heterocycles. The Morgan fingerprint density at radius 2 is 2.24 bits per heavy atom. The Balaban J connectivity index is 0.00000161. The van der Waals surface area contributed by atoms with E-state index in [4.69, 9.17) is 4.74 Å². The fourth-order valence-corrected chi connectivity index (χ4v) is 3.57. The molecular formula is C15H21ClN2O3. The van der Waals surface area contributed by atoms with Gasteiger partial charge in [0, 0.05) is 50.7 Å². The summed E-state index contributed by atoms with van der Waals surface area (Å²) in [5.41, 5.74) is 1.03. The summed E-state index contributed by atoms with van der Waals surface area (Å²) in [5, 5.41) is 9.53. The largest absolute Gasteiger partial charge is 0.481 e. The van der Waals surface area contributed by atoms with Crippen LogP contribution in [-0.2, 0) is 16.1 Å². The number of carbonyl (C=O) groups is 1. The molecular weight excluding hydrogens is 292 g/mol. The van der Waals surface area contributed by atoms with E-state index in [1.54, 1.807) is 6.20 Å². The summed E-state index contributed by atoms with van der Waals surface area (Å²) in [7, 11) is 0. The minimum atomic E-state index is -0.666. The zero-order chi connectivity index (χ0) is 14.0. The maximum atomic E-state index is 11.6. The Labute approximate surface area is 130 Å². The highest BCUT2D eigenvalue weighted by Gasteiger charge is 2.50. The normalized spacial score (nSPS) is 24.7. The average Bonchev–Trinajstić information content (AvgIpc) is 2.79. The number of aromatic nitrogens is 1. The van der Waals surface area contributed by atoms with Crippen LogP contribution in [0.1, 0.15) is 18.4 Å². The molecule has 1 N–H and O–H groups in total. The Kier molecular flexibility index (Phi) is 5.19. The molecule has 1 aromatic heterocycles. The number of pyridine rings is 1. The van der Waals surface area contributed by atoms with Crippen LogP contribution in [0.25, 0.3) is 0 Å². The number of carboxylic acid groups (broad SMARTS) is 1. The van der Waals surface area contributed by atoms with Gasteiger partial charge in [-0.15, -0.1) is 12.4 Å². The number of ether oxygens (including phenoxy) is 1. The summed E-state index contributed by atoms with van der Waals surface area (Å²) in [5.74, 6) is -0.941. The van der Waals surface area contributed by atoms with Gasteiger partial charge in [0.2, 0.25) is 0 Å². The molecule has 2 aliphatic heterocycles. The monoisotopic (exact) mass is 312 g/mol. The quantitative estimate of drug-likeness (QED) is 0.922.